The first-order valence-corrected chi connectivity index (χ1v) is 5.07. The molecule has 0 saturated heterocycles. The van der Waals surface area contributed by atoms with Crippen molar-refractivity contribution in [3.8, 4) is 0 Å². The predicted octanol–water partition coefficient (Wildman–Crippen LogP) is 4.02. The number of hydrogen-bond acceptors (Lipinski definition) is 1. The number of nitrogens with one attached hydrogen (secondary N) is 1. The lowest BCUT2D eigenvalue weighted by Crippen LogP contribution is -2.36. The van der Waals surface area contributed by atoms with Crippen molar-refractivity contribution < 1.29 is 13.2 Å². The summed E-state index contributed by atoms with van der Waals surface area (Å²) < 4.78 is 37.5. The van der Waals surface area contributed by atoms with E-state index in [1.807, 2.05) is 0 Å². The second-order valence-corrected chi connectivity index (χ2v) is 4.15. The highest BCUT2D eigenvalue weighted by molar-refractivity contribution is 6.31. The molecule has 0 aromatic heterocycles. The van der Waals surface area contributed by atoms with Crippen LogP contribution in [0, 0.1) is 6.92 Å². The van der Waals surface area contributed by atoms with E-state index in [4.69, 9.17) is 11.6 Å². The number of anilines is 1. The molecule has 0 fully saturated rings. The monoisotopic (exact) mass is 247 g/mol. The molecule has 0 amide bonds. The van der Waals surface area contributed by atoms with Gasteiger partial charge in [0.1, 0.15) is 6.04 Å². The van der Waals surface area contributed by atoms with E-state index >= 15 is 0 Å². The van der Waals surface area contributed by atoms with E-state index in [1.54, 1.807) is 19.1 Å². The summed E-state index contributed by atoms with van der Waals surface area (Å²) in [5.74, 6) is 0. The molecule has 1 unspecified atom stereocenters. The SMILES string of the molecule is Cc1cc(Cl)cc2c1NC(C(F)(F)F)C=C2. The average molecular weight is 248 g/mol. The summed E-state index contributed by atoms with van der Waals surface area (Å²) in [4.78, 5) is 0. The second-order valence-electron chi connectivity index (χ2n) is 3.71. The Morgan fingerprint density at radius 1 is 1.31 bits per heavy atom. The molecule has 1 nitrogen and oxygen atoms in total. The number of benzene rings is 1. The summed E-state index contributed by atoms with van der Waals surface area (Å²) in [6, 6.07) is 1.65. The van der Waals surface area contributed by atoms with Crippen molar-refractivity contribution >= 4 is 23.4 Å². The van der Waals surface area contributed by atoms with Crippen LogP contribution < -0.4 is 5.32 Å². The van der Waals surface area contributed by atoms with E-state index in [-0.39, 0.29) is 0 Å². The average Bonchev–Trinajstić information content (AvgIpc) is 2.15. The Balaban J connectivity index is 2.42. The zero-order chi connectivity index (χ0) is 11.9. The summed E-state index contributed by atoms with van der Waals surface area (Å²) in [6.45, 7) is 1.73. The van der Waals surface area contributed by atoms with Crippen molar-refractivity contribution in [3.05, 3.63) is 34.4 Å². The maximum absolute atomic E-state index is 12.5. The molecule has 5 heteroatoms. The Kier molecular flexibility index (Phi) is 2.62. The van der Waals surface area contributed by atoms with Crippen LogP contribution in [0.1, 0.15) is 11.1 Å². The molecule has 1 aromatic carbocycles. The molecular formula is C11H9ClF3N. The van der Waals surface area contributed by atoms with Gasteiger partial charge in [-0.1, -0.05) is 23.8 Å². The third-order valence-corrected chi connectivity index (χ3v) is 2.67. The number of hydrogen-bond donors (Lipinski definition) is 1. The molecule has 2 rings (SSSR count). The first-order valence-electron chi connectivity index (χ1n) is 4.69. The third-order valence-electron chi connectivity index (χ3n) is 2.45. The molecule has 1 heterocycles. The first kappa shape index (κ1) is 11.3. The van der Waals surface area contributed by atoms with Gasteiger partial charge in [0.15, 0.2) is 0 Å². The Bertz CT molecular complexity index is 451. The molecule has 86 valence electrons. The standard InChI is InChI=1S/C11H9ClF3N/c1-6-4-8(12)5-7-2-3-9(11(13,14)15)16-10(6)7/h2-5,9,16H,1H3. The van der Waals surface area contributed by atoms with Gasteiger partial charge in [0.05, 0.1) is 0 Å². The van der Waals surface area contributed by atoms with Gasteiger partial charge >= 0.3 is 6.18 Å². The Morgan fingerprint density at radius 3 is 2.62 bits per heavy atom. The minimum Gasteiger partial charge on any atom is -0.370 e. The maximum atomic E-state index is 12.5. The smallest absolute Gasteiger partial charge is 0.370 e. The molecule has 1 atom stereocenters. The largest absolute Gasteiger partial charge is 0.412 e. The normalized spacial score (nSPS) is 19.2. The van der Waals surface area contributed by atoms with Gasteiger partial charge in [-0.2, -0.15) is 13.2 Å². The van der Waals surface area contributed by atoms with Crippen molar-refractivity contribution in [3.63, 3.8) is 0 Å². The molecule has 1 aliphatic rings. The van der Waals surface area contributed by atoms with Gasteiger partial charge in [-0.25, -0.2) is 0 Å². The summed E-state index contributed by atoms with van der Waals surface area (Å²) in [5, 5.41) is 2.98. The number of aryl methyl sites for hydroxylation is 1. The molecule has 0 aliphatic carbocycles. The topological polar surface area (TPSA) is 12.0 Å². The van der Waals surface area contributed by atoms with Crippen LogP contribution in [0.15, 0.2) is 18.2 Å². The summed E-state index contributed by atoms with van der Waals surface area (Å²) in [6.07, 6.45) is -1.73. The molecule has 1 aromatic rings. The Hall–Kier alpha value is -1.16. The van der Waals surface area contributed by atoms with E-state index in [9.17, 15) is 13.2 Å². The van der Waals surface area contributed by atoms with Crippen LogP contribution in [-0.4, -0.2) is 12.2 Å². The van der Waals surface area contributed by atoms with E-state index < -0.39 is 12.2 Å². The van der Waals surface area contributed by atoms with Gasteiger partial charge in [-0.15, -0.1) is 0 Å². The number of fused-ring (bicyclic) bond motifs is 1. The fourth-order valence-corrected chi connectivity index (χ4v) is 1.97. The van der Waals surface area contributed by atoms with Crippen LogP contribution in [0.3, 0.4) is 0 Å². The molecule has 1 N–H and O–H groups in total. The fourth-order valence-electron chi connectivity index (χ4n) is 1.69. The summed E-state index contributed by atoms with van der Waals surface area (Å²) >= 11 is 5.82. The van der Waals surface area contributed by atoms with Crippen LogP contribution in [0.25, 0.3) is 6.08 Å². The molecule has 16 heavy (non-hydrogen) atoms. The fraction of sp³-hybridized carbons (Fsp3) is 0.273. The third kappa shape index (κ3) is 2.02. The Morgan fingerprint density at radius 2 is 2.00 bits per heavy atom. The highest BCUT2D eigenvalue weighted by Gasteiger charge is 2.39. The minimum atomic E-state index is -4.28. The van der Waals surface area contributed by atoms with Gasteiger partial charge in [-0.3, -0.25) is 0 Å². The zero-order valence-corrected chi connectivity index (χ0v) is 9.15. The van der Waals surface area contributed by atoms with Gasteiger partial charge < -0.3 is 5.32 Å². The van der Waals surface area contributed by atoms with E-state index in [0.29, 0.717) is 21.8 Å². The number of rotatable bonds is 0. The molecule has 0 saturated carbocycles. The van der Waals surface area contributed by atoms with E-state index in [1.165, 1.54) is 6.08 Å². The lowest BCUT2D eigenvalue weighted by molar-refractivity contribution is -0.132. The van der Waals surface area contributed by atoms with Gasteiger partial charge in [-0.05, 0) is 30.2 Å². The zero-order valence-electron chi connectivity index (χ0n) is 8.40. The molecule has 1 aliphatic heterocycles. The highest BCUT2D eigenvalue weighted by Crippen LogP contribution is 2.34. The van der Waals surface area contributed by atoms with Crippen molar-refractivity contribution in [1.82, 2.24) is 0 Å². The van der Waals surface area contributed by atoms with Crippen molar-refractivity contribution in [1.29, 1.82) is 0 Å². The predicted molar refractivity (Wildman–Crippen MR) is 58.7 cm³/mol. The van der Waals surface area contributed by atoms with Crippen molar-refractivity contribution in [2.24, 2.45) is 0 Å². The maximum Gasteiger partial charge on any atom is 0.412 e. The molecule has 0 bridgehead atoms. The van der Waals surface area contributed by atoms with Gasteiger partial charge in [0.2, 0.25) is 0 Å². The molecule has 0 radical (unpaired) electrons. The van der Waals surface area contributed by atoms with Crippen LogP contribution in [0.5, 0.6) is 0 Å². The van der Waals surface area contributed by atoms with Crippen LogP contribution in [0.4, 0.5) is 18.9 Å². The van der Waals surface area contributed by atoms with E-state index in [2.05, 4.69) is 5.32 Å². The number of halogens is 4. The molecule has 0 spiro atoms. The summed E-state index contributed by atoms with van der Waals surface area (Å²) in [5.41, 5.74) is 1.89. The lowest BCUT2D eigenvalue weighted by Gasteiger charge is -2.25. The second kappa shape index (κ2) is 3.70. The van der Waals surface area contributed by atoms with Gasteiger partial charge in [0, 0.05) is 10.7 Å². The molecular weight excluding hydrogens is 239 g/mol. The lowest BCUT2D eigenvalue weighted by atomic mass is 10.0. The Labute approximate surface area is 95.9 Å². The summed E-state index contributed by atoms with van der Waals surface area (Å²) in [7, 11) is 0. The van der Waals surface area contributed by atoms with Crippen LogP contribution in [-0.2, 0) is 0 Å². The quantitative estimate of drug-likeness (QED) is 0.730. The van der Waals surface area contributed by atoms with Crippen molar-refractivity contribution in [2.75, 3.05) is 5.32 Å². The highest BCUT2D eigenvalue weighted by atomic mass is 35.5. The van der Waals surface area contributed by atoms with Crippen LogP contribution in [0.2, 0.25) is 5.02 Å². The van der Waals surface area contributed by atoms with Crippen LogP contribution >= 0.6 is 11.6 Å². The van der Waals surface area contributed by atoms with E-state index in [0.717, 1.165) is 6.08 Å². The minimum absolute atomic E-state index is 0.495. The number of alkyl halides is 3. The van der Waals surface area contributed by atoms with Crippen molar-refractivity contribution in [2.45, 2.75) is 19.1 Å². The first-order chi connectivity index (χ1) is 7.38. The van der Waals surface area contributed by atoms with Gasteiger partial charge in [0.25, 0.3) is 0 Å².